The summed E-state index contributed by atoms with van der Waals surface area (Å²) in [6, 6.07) is 8.22. The van der Waals surface area contributed by atoms with E-state index >= 15 is 0 Å². The van der Waals surface area contributed by atoms with Crippen LogP contribution in [0.5, 0.6) is 5.75 Å². The van der Waals surface area contributed by atoms with Crippen LogP contribution in [-0.4, -0.2) is 79.3 Å². The molecule has 0 bridgehead atoms. The highest BCUT2D eigenvalue weighted by Crippen LogP contribution is 2.36. The fourth-order valence-electron chi connectivity index (χ4n) is 4.66. The zero-order valence-electron chi connectivity index (χ0n) is 16.7. The highest BCUT2D eigenvalue weighted by molar-refractivity contribution is 7.92. The van der Waals surface area contributed by atoms with Gasteiger partial charge in [0.15, 0.2) is 9.84 Å². The minimum absolute atomic E-state index is 0.117. The Morgan fingerprint density at radius 1 is 1.25 bits per heavy atom. The van der Waals surface area contributed by atoms with Crippen LogP contribution in [0.25, 0.3) is 0 Å². The molecule has 0 radical (unpaired) electrons. The van der Waals surface area contributed by atoms with E-state index in [1.165, 1.54) is 5.56 Å². The second kappa shape index (κ2) is 7.50. The van der Waals surface area contributed by atoms with E-state index in [1.807, 2.05) is 37.1 Å². The maximum atomic E-state index is 12.6. The summed E-state index contributed by atoms with van der Waals surface area (Å²) < 4.78 is 32.6. The lowest BCUT2D eigenvalue weighted by atomic mass is 10.00. The van der Waals surface area contributed by atoms with Crippen molar-refractivity contribution < 1.29 is 13.2 Å². The monoisotopic (exact) mass is 404 g/mol. The van der Waals surface area contributed by atoms with Gasteiger partial charge in [-0.1, -0.05) is 6.07 Å². The highest BCUT2D eigenvalue weighted by atomic mass is 32.2. The number of rotatable bonds is 6. The minimum Gasteiger partial charge on any atom is -0.496 e. The van der Waals surface area contributed by atoms with Crippen LogP contribution in [0, 0.1) is 5.92 Å². The number of nitrogens with zero attached hydrogens (tertiary/aromatic N) is 4. The van der Waals surface area contributed by atoms with Gasteiger partial charge in [0.25, 0.3) is 0 Å². The molecule has 0 N–H and O–H groups in total. The Morgan fingerprint density at radius 2 is 2.07 bits per heavy atom. The van der Waals surface area contributed by atoms with E-state index in [1.54, 1.807) is 13.3 Å². The molecule has 2 fully saturated rings. The number of hydrogen-bond acceptors (Lipinski definition) is 6. The third-order valence-corrected chi connectivity index (χ3v) is 8.28. The fourth-order valence-corrected chi connectivity index (χ4v) is 7.16. The van der Waals surface area contributed by atoms with Crippen molar-refractivity contribution in [1.82, 2.24) is 19.6 Å². The third-order valence-electron chi connectivity index (χ3n) is 6.05. The maximum Gasteiger partial charge on any atom is 0.156 e. The molecule has 0 spiro atoms. The summed E-state index contributed by atoms with van der Waals surface area (Å²) in [5.74, 6) is 1.33. The van der Waals surface area contributed by atoms with Crippen LogP contribution in [0.1, 0.15) is 11.1 Å². The summed E-state index contributed by atoms with van der Waals surface area (Å²) in [4.78, 5) is 4.35. The molecule has 2 aliphatic rings. The first-order valence-corrected chi connectivity index (χ1v) is 11.3. The summed E-state index contributed by atoms with van der Waals surface area (Å²) in [5.41, 5.74) is 2.24. The lowest BCUT2D eigenvalue weighted by Crippen LogP contribution is -2.37. The van der Waals surface area contributed by atoms with Gasteiger partial charge in [0, 0.05) is 49.6 Å². The molecular weight excluding hydrogens is 376 g/mol. The summed E-state index contributed by atoms with van der Waals surface area (Å²) in [7, 11) is 2.63. The Bertz CT molecular complexity index is 927. The predicted molar refractivity (Wildman–Crippen MR) is 108 cm³/mol. The molecule has 7 nitrogen and oxygen atoms in total. The van der Waals surface area contributed by atoms with E-state index in [2.05, 4.69) is 27.0 Å². The Labute approximate surface area is 166 Å². The van der Waals surface area contributed by atoms with Crippen LogP contribution in [0.2, 0.25) is 0 Å². The number of benzene rings is 1. The van der Waals surface area contributed by atoms with Crippen molar-refractivity contribution in [3.8, 4) is 5.75 Å². The van der Waals surface area contributed by atoms with E-state index in [9.17, 15) is 8.42 Å². The molecule has 2 aliphatic heterocycles. The first-order valence-electron chi connectivity index (χ1n) is 9.61. The molecule has 3 atom stereocenters. The van der Waals surface area contributed by atoms with Gasteiger partial charge in [0.1, 0.15) is 5.75 Å². The average molecular weight is 405 g/mol. The van der Waals surface area contributed by atoms with Crippen molar-refractivity contribution >= 4 is 9.84 Å². The van der Waals surface area contributed by atoms with Gasteiger partial charge < -0.3 is 9.64 Å². The van der Waals surface area contributed by atoms with E-state index in [4.69, 9.17) is 4.74 Å². The van der Waals surface area contributed by atoms with Gasteiger partial charge in [-0.2, -0.15) is 5.10 Å². The average Bonchev–Trinajstić information content (AvgIpc) is 3.34. The van der Waals surface area contributed by atoms with Gasteiger partial charge >= 0.3 is 0 Å². The number of sulfone groups is 1. The molecule has 28 heavy (non-hydrogen) atoms. The zero-order chi connectivity index (χ0) is 19.9. The molecule has 0 aliphatic carbocycles. The third kappa shape index (κ3) is 3.68. The molecular formula is C20H28N4O3S. The number of methoxy groups -OCH3 is 1. The van der Waals surface area contributed by atoms with Crippen LogP contribution in [0.3, 0.4) is 0 Å². The summed E-state index contributed by atoms with van der Waals surface area (Å²) >= 11 is 0. The number of aromatic nitrogens is 2. The quantitative estimate of drug-likeness (QED) is 0.718. The summed E-state index contributed by atoms with van der Waals surface area (Å²) in [6.45, 7) is 2.84. The van der Waals surface area contributed by atoms with Crippen molar-refractivity contribution in [3.63, 3.8) is 0 Å². The molecule has 1 aromatic heterocycles. The molecule has 0 saturated carbocycles. The van der Waals surface area contributed by atoms with Crippen molar-refractivity contribution in [3.05, 3.63) is 47.8 Å². The lowest BCUT2D eigenvalue weighted by molar-refractivity contribution is 0.229. The van der Waals surface area contributed by atoms with Gasteiger partial charge in [-0.3, -0.25) is 9.58 Å². The van der Waals surface area contributed by atoms with Crippen molar-refractivity contribution in [1.29, 1.82) is 0 Å². The first kappa shape index (κ1) is 19.4. The van der Waals surface area contributed by atoms with Gasteiger partial charge in [0.05, 0.1) is 24.7 Å². The van der Waals surface area contributed by atoms with Gasteiger partial charge in [-0.25, -0.2) is 8.42 Å². The summed E-state index contributed by atoms with van der Waals surface area (Å²) in [6.07, 6.45) is 3.70. The van der Waals surface area contributed by atoms with Crippen LogP contribution >= 0.6 is 0 Å². The van der Waals surface area contributed by atoms with Crippen LogP contribution < -0.4 is 4.74 Å². The fraction of sp³-hybridized carbons (Fsp3) is 0.550. The van der Waals surface area contributed by atoms with Gasteiger partial charge in [0.2, 0.25) is 0 Å². The lowest BCUT2D eigenvalue weighted by Gasteiger charge is -2.25. The summed E-state index contributed by atoms with van der Waals surface area (Å²) in [5, 5.41) is 4.04. The number of likely N-dealkylation sites (tertiary alicyclic amines) is 1. The Morgan fingerprint density at radius 3 is 2.75 bits per heavy atom. The maximum absolute atomic E-state index is 12.6. The minimum atomic E-state index is -3.01. The predicted octanol–water partition coefficient (Wildman–Crippen LogP) is 1.10. The molecule has 2 aromatic rings. The van der Waals surface area contributed by atoms with E-state index in [0.717, 1.165) is 24.4 Å². The molecule has 0 unspecified atom stereocenters. The first-order chi connectivity index (χ1) is 13.4. The smallest absolute Gasteiger partial charge is 0.156 e. The number of hydrogen-bond donors (Lipinski definition) is 0. The normalized spacial score (nSPS) is 26.6. The molecule has 1 aromatic carbocycles. The van der Waals surface area contributed by atoms with Crippen LogP contribution in [0.15, 0.2) is 36.7 Å². The Hall–Kier alpha value is -1.90. The van der Waals surface area contributed by atoms with Crippen LogP contribution in [-0.2, 0) is 22.9 Å². The molecule has 4 rings (SSSR count). The topological polar surface area (TPSA) is 67.7 Å². The van der Waals surface area contributed by atoms with Gasteiger partial charge in [-0.05, 0) is 37.9 Å². The van der Waals surface area contributed by atoms with Crippen molar-refractivity contribution in [2.75, 3.05) is 40.0 Å². The number of fused-ring (bicyclic) bond motifs is 1. The molecule has 152 valence electrons. The largest absolute Gasteiger partial charge is 0.496 e. The molecule has 2 saturated heterocycles. The number of ether oxygens (including phenoxy) is 1. The van der Waals surface area contributed by atoms with Crippen molar-refractivity contribution in [2.45, 2.75) is 24.4 Å². The van der Waals surface area contributed by atoms with E-state index in [0.29, 0.717) is 18.8 Å². The zero-order valence-corrected chi connectivity index (χ0v) is 17.5. The SMILES string of the molecule is COc1ccc(CN2C[C@H]3[C@H](N(C)C)CS(=O)(=O)[C@H]3C2)cc1Cn1cccn1. The second-order valence-electron chi connectivity index (χ2n) is 8.11. The van der Waals surface area contributed by atoms with E-state index in [-0.39, 0.29) is 17.2 Å². The van der Waals surface area contributed by atoms with E-state index < -0.39 is 9.84 Å². The molecule has 0 amide bonds. The highest BCUT2D eigenvalue weighted by Gasteiger charge is 2.52. The standard InChI is InChI=1S/C20H28N4O3S/c1-22(2)18-14-28(25,26)20-13-23(12-17(18)20)10-15-5-6-19(27-3)16(9-15)11-24-8-4-7-21-24/h4-9,17-18,20H,10-14H2,1-3H3/t17-,18+,20-/m0/s1. The Balaban J connectivity index is 1.51. The molecule has 8 heteroatoms. The van der Waals surface area contributed by atoms with Crippen LogP contribution in [0.4, 0.5) is 0 Å². The Kier molecular flexibility index (Phi) is 5.20. The van der Waals surface area contributed by atoms with Gasteiger partial charge in [-0.15, -0.1) is 0 Å². The van der Waals surface area contributed by atoms with Crippen molar-refractivity contribution in [2.24, 2.45) is 5.92 Å². The molecule has 3 heterocycles. The second-order valence-corrected chi connectivity index (χ2v) is 10.4.